The van der Waals surface area contributed by atoms with Crippen LogP contribution in [0.4, 0.5) is 23.7 Å². The van der Waals surface area contributed by atoms with Crippen LogP contribution in [0, 0.1) is 5.92 Å². The Hall–Kier alpha value is -2.25. The van der Waals surface area contributed by atoms with Crippen molar-refractivity contribution in [1.82, 2.24) is 4.90 Å². The number of ether oxygens (including phenoxy) is 1. The van der Waals surface area contributed by atoms with Crippen LogP contribution in [0.5, 0.6) is 0 Å². The van der Waals surface area contributed by atoms with E-state index >= 15 is 0 Å². The standard InChI is InChI=1S/C16H19F3N2O3/c1-2-24-14(22)11-6-8-21(9-7-11)15(23)20-13-5-3-4-12(10-13)16(17,18)19/h3-5,10-11H,2,6-9H2,1H3,(H,20,23). The van der Waals surface area contributed by atoms with Crippen LogP contribution >= 0.6 is 0 Å². The van der Waals surface area contributed by atoms with Gasteiger partial charge in [-0.3, -0.25) is 4.79 Å². The van der Waals surface area contributed by atoms with Gasteiger partial charge in [-0.1, -0.05) is 6.07 Å². The number of amides is 2. The van der Waals surface area contributed by atoms with Crippen LogP contribution in [0.3, 0.4) is 0 Å². The summed E-state index contributed by atoms with van der Waals surface area (Å²) in [4.78, 5) is 25.3. The fourth-order valence-electron chi connectivity index (χ4n) is 2.55. The molecule has 8 heteroatoms. The highest BCUT2D eigenvalue weighted by Crippen LogP contribution is 2.30. The molecular weight excluding hydrogens is 325 g/mol. The molecule has 0 aliphatic carbocycles. The Labute approximate surface area is 137 Å². The summed E-state index contributed by atoms with van der Waals surface area (Å²) in [6.45, 7) is 2.76. The van der Waals surface area contributed by atoms with Gasteiger partial charge in [0.25, 0.3) is 0 Å². The summed E-state index contributed by atoms with van der Waals surface area (Å²) in [5.74, 6) is -0.502. The van der Waals surface area contributed by atoms with Crippen molar-refractivity contribution in [3.63, 3.8) is 0 Å². The molecule has 1 heterocycles. The minimum absolute atomic E-state index is 0.0855. The molecule has 1 fully saturated rings. The summed E-state index contributed by atoms with van der Waals surface area (Å²) in [6, 6.07) is 4.00. The maximum atomic E-state index is 12.7. The van der Waals surface area contributed by atoms with Gasteiger partial charge in [-0.25, -0.2) is 4.79 Å². The molecule has 0 aromatic heterocycles. The Morgan fingerprint density at radius 1 is 1.29 bits per heavy atom. The zero-order chi connectivity index (χ0) is 17.7. The molecule has 132 valence electrons. The Kier molecular flexibility index (Phi) is 5.69. The van der Waals surface area contributed by atoms with Gasteiger partial charge in [0.2, 0.25) is 0 Å². The second kappa shape index (κ2) is 7.55. The van der Waals surface area contributed by atoms with Gasteiger partial charge < -0.3 is 15.0 Å². The first-order valence-electron chi connectivity index (χ1n) is 7.71. The fourth-order valence-corrected chi connectivity index (χ4v) is 2.55. The van der Waals surface area contributed by atoms with E-state index in [1.54, 1.807) is 6.92 Å². The number of likely N-dealkylation sites (tertiary alicyclic amines) is 1. The number of rotatable bonds is 3. The predicted octanol–water partition coefficient (Wildman–Crippen LogP) is 3.51. The van der Waals surface area contributed by atoms with Gasteiger partial charge in [-0.15, -0.1) is 0 Å². The fraction of sp³-hybridized carbons (Fsp3) is 0.500. The van der Waals surface area contributed by atoms with Crippen molar-refractivity contribution in [2.24, 2.45) is 5.92 Å². The highest BCUT2D eigenvalue weighted by Gasteiger charge is 2.31. The van der Waals surface area contributed by atoms with Gasteiger partial charge in [0, 0.05) is 18.8 Å². The molecular formula is C16H19F3N2O3. The molecule has 0 unspecified atom stereocenters. The number of alkyl halides is 3. The summed E-state index contributed by atoms with van der Waals surface area (Å²) in [7, 11) is 0. The Balaban J connectivity index is 1.91. The van der Waals surface area contributed by atoms with Gasteiger partial charge in [0.15, 0.2) is 0 Å². The second-order valence-electron chi connectivity index (χ2n) is 5.52. The van der Waals surface area contributed by atoms with Crippen LogP contribution in [-0.2, 0) is 15.7 Å². The van der Waals surface area contributed by atoms with E-state index in [9.17, 15) is 22.8 Å². The maximum absolute atomic E-state index is 12.7. The molecule has 1 N–H and O–H groups in total. The van der Waals surface area contributed by atoms with E-state index < -0.39 is 17.8 Å². The summed E-state index contributed by atoms with van der Waals surface area (Å²) < 4.78 is 43.0. The zero-order valence-electron chi connectivity index (χ0n) is 13.2. The molecule has 0 bridgehead atoms. The molecule has 2 rings (SSSR count). The van der Waals surface area contributed by atoms with Gasteiger partial charge in [0.05, 0.1) is 18.1 Å². The lowest BCUT2D eigenvalue weighted by Crippen LogP contribution is -2.42. The number of nitrogens with zero attached hydrogens (tertiary/aromatic N) is 1. The number of carbonyl (C=O) groups excluding carboxylic acids is 2. The molecule has 2 amide bonds. The van der Waals surface area contributed by atoms with Crippen LogP contribution in [0.15, 0.2) is 24.3 Å². The third kappa shape index (κ3) is 4.62. The van der Waals surface area contributed by atoms with Crippen molar-refractivity contribution in [3.8, 4) is 0 Å². The zero-order valence-corrected chi connectivity index (χ0v) is 13.2. The number of hydrogen-bond donors (Lipinski definition) is 1. The molecule has 1 aromatic carbocycles. The topological polar surface area (TPSA) is 58.6 Å². The number of urea groups is 1. The van der Waals surface area contributed by atoms with Gasteiger partial charge in [0.1, 0.15) is 0 Å². The summed E-state index contributed by atoms with van der Waals surface area (Å²) in [5, 5.41) is 2.46. The Morgan fingerprint density at radius 2 is 1.96 bits per heavy atom. The monoisotopic (exact) mass is 344 g/mol. The maximum Gasteiger partial charge on any atom is 0.416 e. The highest BCUT2D eigenvalue weighted by molar-refractivity contribution is 5.89. The summed E-state index contributed by atoms with van der Waals surface area (Å²) in [5.41, 5.74) is -0.733. The number of hydrogen-bond acceptors (Lipinski definition) is 3. The van der Waals surface area contributed by atoms with Crippen LogP contribution < -0.4 is 5.32 Å². The van der Waals surface area contributed by atoms with E-state index in [2.05, 4.69) is 5.32 Å². The molecule has 1 aliphatic rings. The number of anilines is 1. The Bertz CT molecular complexity index is 596. The van der Waals surface area contributed by atoms with Crippen molar-refractivity contribution in [1.29, 1.82) is 0 Å². The minimum Gasteiger partial charge on any atom is -0.466 e. The van der Waals surface area contributed by atoms with E-state index in [0.717, 1.165) is 12.1 Å². The van der Waals surface area contributed by atoms with Crippen molar-refractivity contribution in [2.75, 3.05) is 25.0 Å². The number of halogens is 3. The largest absolute Gasteiger partial charge is 0.466 e. The molecule has 0 spiro atoms. The smallest absolute Gasteiger partial charge is 0.416 e. The molecule has 1 aromatic rings. The van der Waals surface area contributed by atoms with Crippen LogP contribution in [-0.4, -0.2) is 36.6 Å². The van der Waals surface area contributed by atoms with Crippen molar-refractivity contribution in [2.45, 2.75) is 25.9 Å². The van der Waals surface area contributed by atoms with Crippen LogP contribution in [0.2, 0.25) is 0 Å². The minimum atomic E-state index is -4.46. The second-order valence-corrected chi connectivity index (χ2v) is 5.52. The van der Waals surface area contributed by atoms with Gasteiger partial charge in [-0.2, -0.15) is 13.2 Å². The molecule has 1 saturated heterocycles. The third-order valence-corrected chi connectivity index (χ3v) is 3.84. The molecule has 1 aliphatic heterocycles. The van der Waals surface area contributed by atoms with E-state index in [1.807, 2.05) is 0 Å². The van der Waals surface area contributed by atoms with E-state index in [0.29, 0.717) is 32.5 Å². The number of benzene rings is 1. The van der Waals surface area contributed by atoms with Crippen molar-refractivity contribution in [3.05, 3.63) is 29.8 Å². The first kappa shape index (κ1) is 18.1. The Morgan fingerprint density at radius 3 is 2.54 bits per heavy atom. The molecule has 0 radical (unpaired) electrons. The molecule has 0 atom stereocenters. The van der Waals surface area contributed by atoms with Crippen molar-refractivity contribution >= 4 is 17.7 Å². The van der Waals surface area contributed by atoms with Crippen LogP contribution in [0.1, 0.15) is 25.3 Å². The average molecular weight is 344 g/mol. The normalized spacial score (nSPS) is 15.9. The summed E-state index contributed by atoms with van der Waals surface area (Å²) in [6.07, 6.45) is -3.50. The lowest BCUT2D eigenvalue weighted by molar-refractivity contribution is -0.149. The lowest BCUT2D eigenvalue weighted by atomic mass is 9.97. The first-order valence-corrected chi connectivity index (χ1v) is 7.71. The SMILES string of the molecule is CCOC(=O)C1CCN(C(=O)Nc2cccc(C(F)(F)F)c2)CC1. The molecule has 0 saturated carbocycles. The van der Waals surface area contributed by atoms with Crippen LogP contribution in [0.25, 0.3) is 0 Å². The number of nitrogens with one attached hydrogen (secondary N) is 1. The number of esters is 1. The first-order chi connectivity index (χ1) is 11.3. The van der Waals surface area contributed by atoms with E-state index in [4.69, 9.17) is 4.74 Å². The number of piperidine rings is 1. The number of carbonyl (C=O) groups is 2. The summed E-state index contributed by atoms with van der Waals surface area (Å²) >= 11 is 0. The molecule has 24 heavy (non-hydrogen) atoms. The van der Waals surface area contributed by atoms with Gasteiger partial charge >= 0.3 is 18.2 Å². The third-order valence-electron chi connectivity index (χ3n) is 3.84. The lowest BCUT2D eigenvalue weighted by Gasteiger charge is -2.30. The van der Waals surface area contributed by atoms with Crippen molar-refractivity contribution < 1.29 is 27.5 Å². The predicted molar refractivity (Wildman–Crippen MR) is 81.4 cm³/mol. The molecule has 5 nitrogen and oxygen atoms in total. The quantitative estimate of drug-likeness (QED) is 0.854. The average Bonchev–Trinajstić information content (AvgIpc) is 2.54. The van der Waals surface area contributed by atoms with E-state index in [-0.39, 0.29) is 17.6 Å². The van der Waals surface area contributed by atoms with E-state index in [1.165, 1.54) is 17.0 Å². The van der Waals surface area contributed by atoms with Gasteiger partial charge in [-0.05, 0) is 38.0 Å². The highest BCUT2D eigenvalue weighted by atomic mass is 19.4.